The standard InChI is InChI=1S/C26H29ClN6O2.2ClH/c1-29-24(34)18-5-2-4-17(14-18)22-30-31-23-25(35)32(12-13-33(22)23)21-8-10-26(16-28,11-9-21)19-6-3-7-20(27)15-19;;/h2-7,14-15,21H,8-13,16,28H2,1H3,(H,29,34);2*1H/t21-,26-;;. The molecule has 0 bridgehead atoms. The second-order valence-electron chi connectivity index (χ2n) is 9.38. The first-order chi connectivity index (χ1) is 17.0. The molecule has 198 valence electrons. The van der Waals surface area contributed by atoms with Gasteiger partial charge in [0.1, 0.15) is 0 Å². The van der Waals surface area contributed by atoms with Crippen LogP contribution in [-0.4, -0.2) is 57.7 Å². The van der Waals surface area contributed by atoms with E-state index in [1.54, 1.807) is 19.2 Å². The number of nitrogens with one attached hydrogen (secondary N) is 1. The van der Waals surface area contributed by atoms with Crippen LogP contribution in [0.5, 0.6) is 0 Å². The van der Waals surface area contributed by atoms with Crippen LogP contribution in [0.3, 0.4) is 0 Å². The summed E-state index contributed by atoms with van der Waals surface area (Å²) >= 11 is 6.25. The molecule has 2 heterocycles. The minimum absolute atomic E-state index is 0. The molecule has 2 aromatic carbocycles. The fraction of sp³-hybridized carbons (Fsp3) is 0.385. The Morgan fingerprint density at radius 2 is 1.78 bits per heavy atom. The minimum Gasteiger partial charge on any atom is -0.355 e. The summed E-state index contributed by atoms with van der Waals surface area (Å²) in [6.07, 6.45) is 3.57. The van der Waals surface area contributed by atoms with Crippen LogP contribution in [0.2, 0.25) is 5.02 Å². The second kappa shape index (κ2) is 11.8. The fourth-order valence-electron chi connectivity index (χ4n) is 5.51. The van der Waals surface area contributed by atoms with E-state index in [9.17, 15) is 9.59 Å². The highest BCUT2D eigenvalue weighted by molar-refractivity contribution is 6.30. The maximum atomic E-state index is 13.4. The van der Waals surface area contributed by atoms with Crippen molar-refractivity contribution in [2.24, 2.45) is 5.73 Å². The lowest BCUT2D eigenvalue weighted by molar-refractivity contribution is 0.0523. The average molecular weight is 566 g/mol. The minimum atomic E-state index is -0.170. The van der Waals surface area contributed by atoms with Gasteiger partial charge in [0.05, 0.1) is 0 Å². The summed E-state index contributed by atoms with van der Waals surface area (Å²) in [5.74, 6) is 0.689. The topological polar surface area (TPSA) is 106 Å². The quantitative estimate of drug-likeness (QED) is 0.485. The van der Waals surface area contributed by atoms with Crippen LogP contribution >= 0.6 is 36.4 Å². The molecule has 1 saturated carbocycles. The molecule has 2 amide bonds. The number of hydrogen-bond donors (Lipinski definition) is 2. The molecule has 1 fully saturated rings. The molecule has 37 heavy (non-hydrogen) atoms. The van der Waals surface area contributed by atoms with Gasteiger partial charge in [-0.25, -0.2) is 0 Å². The number of amides is 2. The van der Waals surface area contributed by atoms with E-state index in [0.29, 0.717) is 36.8 Å². The normalized spacial score (nSPS) is 20.9. The molecule has 1 aromatic heterocycles. The van der Waals surface area contributed by atoms with E-state index in [1.165, 1.54) is 5.56 Å². The molecule has 0 unspecified atom stereocenters. The van der Waals surface area contributed by atoms with Gasteiger partial charge < -0.3 is 20.5 Å². The van der Waals surface area contributed by atoms with Gasteiger partial charge in [-0.3, -0.25) is 9.59 Å². The van der Waals surface area contributed by atoms with E-state index in [-0.39, 0.29) is 48.1 Å². The van der Waals surface area contributed by atoms with E-state index in [1.807, 2.05) is 39.8 Å². The van der Waals surface area contributed by atoms with Crippen LogP contribution < -0.4 is 11.1 Å². The molecule has 1 aliphatic heterocycles. The van der Waals surface area contributed by atoms with Crippen LogP contribution in [0.25, 0.3) is 11.4 Å². The Morgan fingerprint density at radius 1 is 1.08 bits per heavy atom. The van der Waals surface area contributed by atoms with E-state index in [4.69, 9.17) is 17.3 Å². The van der Waals surface area contributed by atoms with Gasteiger partial charge in [0.25, 0.3) is 11.8 Å². The van der Waals surface area contributed by atoms with Gasteiger partial charge in [-0.15, -0.1) is 35.0 Å². The monoisotopic (exact) mass is 564 g/mol. The van der Waals surface area contributed by atoms with Crippen molar-refractivity contribution in [2.45, 2.75) is 43.7 Å². The van der Waals surface area contributed by atoms with Crippen molar-refractivity contribution in [3.63, 3.8) is 0 Å². The van der Waals surface area contributed by atoms with E-state index < -0.39 is 0 Å². The number of nitrogens with zero attached hydrogens (tertiary/aromatic N) is 4. The number of nitrogens with two attached hydrogens (primary N) is 1. The van der Waals surface area contributed by atoms with E-state index in [2.05, 4.69) is 21.6 Å². The molecule has 8 nitrogen and oxygen atoms in total. The maximum Gasteiger partial charge on any atom is 0.292 e. The van der Waals surface area contributed by atoms with E-state index >= 15 is 0 Å². The van der Waals surface area contributed by atoms with Crippen molar-refractivity contribution >= 4 is 48.2 Å². The molecule has 1 aliphatic carbocycles. The summed E-state index contributed by atoms with van der Waals surface area (Å²) in [5.41, 5.74) is 8.63. The molecular formula is C26H31Cl3N6O2. The summed E-state index contributed by atoms with van der Waals surface area (Å²) in [6.45, 7) is 1.77. The Labute approximate surface area is 233 Å². The molecule has 3 aromatic rings. The highest BCUT2D eigenvalue weighted by Crippen LogP contribution is 2.41. The van der Waals surface area contributed by atoms with Crippen LogP contribution in [-0.2, 0) is 12.0 Å². The van der Waals surface area contributed by atoms with Gasteiger partial charge in [0, 0.05) is 54.3 Å². The highest BCUT2D eigenvalue weighted by Gasteiger charge is 2.40. The number of aromatic nitrogens is 3. The third-order valence-corrected chi connectivity index (χ3v) is 7.79. The summed E-state index contributed by atoms with van der Waals surface area (Å²) in [6, 6.07) is 15.3. The van der Waals surface area contributed by atoms with Crippen molar-refractivity contribution in [1.82, 2.24) is 25.0 Å². The summed E-state index contributed by atoms with van der Waals surface area (Å²) in [5, 5.41) is 11.9. The molecule has 0 atom stereocenters. The lowest BCUT2D eigenvalue weighted by atomic mass is 9.68. The Hall–Kier alpha value is -2.65. The van der Waals surface area contributed by atoms with Gasteiger partial charge in [0.2, 0.25) is 5.82 Å². The predicted octanol–water partition coefficient (Wildman–Crippen LogP) is 4.10. The zero-order valence-electron chi connectivity index (χ0n) is 20.5. The first-order valence-electron chi connectivity index (χ1n) is 12.0. The van der Waals surface area contributed by atoms with Crippen molar-refractivity contribution < 1.29 is 9.59 Å². The number of hydrogen-bond acceptors (Lipinski definition) is 5. The van der Waals surface area contributed by atoms with Gasteiger partial charge >= 0.3 is 0 Å². The molecule has 0 saturated heterocycles. The first kappa shape index (κ1) is 28.9. The lowest BCUT2D eigenvalue weighted by Gasteiger charge is -2.44. The first-order valence-corrected chi connectivity index (χ1v) is 12.4. The molecular weight excluding hydrogens is 535 g/mol. The Kier molecular flexibility index (Phi) is 9.23. The van der Waals surface area contributed by atoms with Crippen LogP contribution in [0.1, 0.15) is 52.2 Å². The van der Waals surface area contributed by atoms with Crippen molar-refractivity contribution in [2.75, 3.05) is 20.1 Å². The number of carbonyl (C=O) groups excluding carboxylic acids is 2. The Balaban J connectivity index is 0.00000190. The lowest BCUT2D eigenvalue weighted by Crippen LogP contribution is -2.50. The molecule has 0 radical (unpaired) electrons. The van der Waals surface area contributed by atoms with Crippen molar-refractivity contribution in [3.8, 4) is 11.4 Å². The van der Waals surface area contributed by atoms with Gasteiger partial charge in [-0.1, -0.05) is 35.9 Å². The number of fused-ring (bicyclic) bond motifs is 1. The van der Waals surface area contributed by atoms with Crippen LogP contribution in [0.15, 0.2) is 48.5 Å². The molecule has 0 spiro atoms. The smallest absolute Gasteiger partial charge is 0.292 e. The summed E-state index contributed by atoms with van der Waals surface area (Å²) in [7, 11) is 1.60. The zero-order valence-corrected chi connectivity index (χ0v) is 22.9. The molecule has 11 heteroatoms. The SMILES string of the molecule is CNC(=O)c1cccc(-c2nnc3n2CCN([C@H]2CC[C@](CN)(c4cccc(Cl)c4)CC2)C3=O)c1.Cl.Cl. The van der Waals surface area contributed by atoms with Crippen molar-refractivity contribution in [1.29, 1.82) is 0 Å². The number of rotatable bonds is 5. The van der Waals surface area contributed by atoms with Crippen molar-refractivity contribution in [3.05, 3.63) is 70.5 Å². The van der Waals surface area contributed by atoms with Gasteiger partial charge in [-0.05, 0) is 55.5 Å². The number of halogens is 3. The zero-order chi connectivity index (χ0) is 24.6. The molecule has 5 rings (SSSR count). The summed E-state index contributed by atoms with van der Waals surface area (Å²) < 4.78 is 1.86. The van der Waals surface area contributed by atoms with Gasteiger partial charge in [0.15, 0.2) is 5.82 Å². The Morgan fingerprint density at radius 3 is 2.46 bits per heavy atom. The number of carbonyl (C=O) groups is 2. The maximum absolute atomic E-state index is 13.4. The highest BCUT2D eigenvalue weighted by atomic mass is 35.5. The summed E-state index contributed by atoms with van der Waals surface area (Å²) in [4.78, 5) is 27.4. The largest absolute Gasteiger partial charge is 0.355 e. The third kappa shape index (κ3) is 5.34. The predicted molar refractivity (Wildman–Crippen MR) is 149 cm³/mol. The molecule has 2 aliphatic rings. The van der Waals surface area contributed by atoms with Crippen LogP contribution in [0, 0.1) is 0 Å². The fourth-order valence-corrected chi connectivity index (χ4v) is 5.70. The average Bonchev–Trinajstić information content (AvgIpc) is 3.34. The van der Waals surface area contributed by atoms with E-state index in [0.717, 1.165) is 36.3 Å². The van der Waals surface area contributed by atoms with Crippen LogP contribution in [0.4, 0.5) is 0 Å². The molecule has 3 N–H and O–H groups in total. The second-order valence-corrected chi connectivity index (χ2v) is 9.82. The third-order valence-electron chi connectivity index (χ3n) is 7.56. The number of benzene rings is 2. The van der Waals surface area contributed by atoms with Gasteiger partial charge in [-0.2, -0.15) is 0 Å². The Bertz CT molecular complexity index is 1270.